The smallest absolute Gasteiger partial charge is 0.274 e. The largest absolute Gasteiger partial charge is 0.337 e. The summed E-state index contributed by atoms with van der Waals surface area (Å²) < 4.78 is 1.65. The highest BCUT2D eigenvalue weighted by molar-refractivity contribution is 6.42. The van der Waals surface area contributed by atoms with E-state index in [-0.39, 0.29) is 17.9 Å². The van der Waals surface area contributed by atoms with Gasteiger partial charge in [0.1, 0.15) is 5.69 Å². The molecule has 2 aliphatic rings. The van der Waals surface area contributed by atoms with Crippen molar-refractivity contribution in [1.82, 2.24) is 19.6 Å². The monoisotopic (exact) mass is 420 g/mol. The molecule has 1 unspecified atom stereocenters. The summed E-state index contributed by atoms with van der Waals surface area (Å²) in [5.41, 5.74) is 1.73. The normalized spacial score (nSPS) is 18.2. The van der Waals surface area contributed by atoms with E-state index in [9.17, 15) is 9.59 Å². The summed E-state index contributed by atoms with van der Waals surface area (Å²) in [7, 11) is 0. The van der Waals surface area contributed by atoms with Gasteiger partial charge in [-0.05, 0) is 43.9 Å². The quantitative estimate of drug-likeness (QED) is 0.752. The Morgan fingerprint density at radius 2 is 1.79 bits per heavy atom. The van der Waals surface area contributed by atoms with Crippen LogP contribution in [0.25, 0.3) is 0 Å². The number of nitrogens with zero attached hydrogens (tertiary/aromatic N) is 4. The summed E-state index contributed by atoms with van der Waals surface area (Å²) in [4.78, 5) is 29.4. The van der Waals surface area contributed by atoms with Gasteiger partial charge >= 0.3 is 0 Å². The van der Waals surface area contributed by atoms with Gasteiger partial charge in [-0.2, -0.15) is 5.10 Å². The van der Waals surface area contributed by atoms with Gasteiger partial charge in [-0.3, -0.25) is 14.3 Å². The number of aromatic nitrogens is 2. The second-order valence-electron chi connectivity index (χ2n) is 7.34. The molecule has 1 atom stereocenters. The van der Waals surface area contributed by atoms with Gasteiger partial charge in [-0.1, -0.05) is 29.3 Å². The number of halogens is 2. The third-order valence-corrected chi connectivity index (χ3v) is 6.31. The zero-order valence-corrected chi connectivity index (χ0v) is 17.2. The number of carbonyl (C=O) groups excluding carboxylic acids is 2. The molecule has 0 saturated carbocycles. The van der Waals surface area contributed by atoms with Crippen LogP contribution in [0.2, 0.25) is 10.0 Å². The lowest BCUT2D eigenvalue weighted by molar-refractivity contribution is 0.0622. The van der Waals surface area contributed by atoms with Crippen LogP contribution in [0.15, 0.2) is 24.3 Å². The second-order valence-corrected chi connectivity index (χ2v) is 8.15. The van der Waals surface area contributed by atoms with Crippen LogP contribution in [-0.4, -0.2) is 51.0 Å². The first-order valence-corrected chi connectivity index (χ1v) is 10.3. The van der Waals surface area contributed by atoms with Crippen molar-refractivity contribution >= 4 is 35.0 Å². The van der Waals surface area contributed by atoms with Crippen molar-refractivity contribution in [1.29, 1.82) is 0 Å². The number of rotatable bonds is 3. The topological polar surface area (TPSA) is 58.4 Å². The summed E-state index contributed by atoms with van der Waals surface area (Å²) in [6, 6.07) is 6.88. The number of benzene rings is 1. The molecule has 0 bridgehead atoms. The summed E-state index contributed by atoms with van der Waals surface area (Å²) in [5.74, 6) is -0.214. The van der Waals surface area contributed by atoms with E-state index in [0.717, 1.165) is 37.9 Å². The van der Waals surface area contributed by atoms with Gasteiger partial charge in [-0.15, -0.1) is 0 Å². The Hall–Kier alpha value is -2.05. The van der Waals surface area contributed by atoms with E-state index in [4.69, 9.17) is 23.2 Å². The predicted octanol–water partition coefficient (Wildman–Crippen LogP) is 4.03. The average molecular weight is 421 g/mol. The third kappa shape index (κ3) is 3.51. The van der Waals surface area contributed by atoms with E-state index in [0.29, 0.717) is 34.5 Å². The molecule has 28 heavy (non-hydrogen) atoms. The lowest BCUT2D eigenvalue weighted by Crippen LogP contribution is -2.41. The molecule has 148 valence electrons. The maximum absolute atomic E-state index is 13.1. The van der Waals surface area contributed by atoms with Crippen LogP contribution >= 0.6 is 23.2 Å². The maximum atomic E-state index is 13.1. The lowest BCUT2D eigenvalue weighted by atomic mass is 10.1. The fourth-order valence-electron chi connectivity index (χ4n) is 3.90. The number of piperidine rings is 1. The van der Waals surface area contributed by atoms with Crippen molar-refractivity contribution in [2.24, 2.45) is 0 Å². The van der Waals surface area contributed by atoms with Crippen molar-refractivity contribution in [2.45, 2.75) is 38.8 Å². The maximum Gasteiger partial charge on any atom is 0.274 e. The van der Waals surface area contributed by atoms with E-state index in [2.05, 4.69) is 5.10 Å². The van der Waals surface area contributed by atoms with Crippen LogP contribution in [-0.2, 0) is 6.54 Å². The minimum atomic E-state index is -0.160. The minimum absolute atomic E-state index is 0.0847. The van der Waals surface area contributed by atoms with Gasteiger partial charge in [-0.25, -0.2) is 0 Å². The van der Waals surface area contributed by atoms with E-state index >= 15 is 0 Å². The zero-order chi connectivity index (χ0) is 19.8. The highest BCUT2D eigenvalue weighted by Crippen LogP contribution is 2.30. The molecule has 4 rings (SSSR count). The number of hydrogen-bond acceptors (Lipinski definition) is 3. The van der Waals surface area contributed by atoms with Crippen LogP contribution in [0.3, 0.4) is 0 Å². The van der Waals surface area contributed by atoms with E-state index in [1.807, 2.05) is 17.9 Å². The molecule has 0 N–H and O–H groups in total. The molecule has 0 radical (unpaired) electrons. The highest BCUT2D eigenvalue weighted by Gasteiger charge is 2.32. The first kappa shape index (κ1) is 19.3. The van der Waals surface area contributed by atoms with Crippen molar-refractivity contribution in [3.63, 3.8) is 0 Å². The van der Waals surface area contributed by atoms with E-state index < -0.39 is 0 Å². The molecule has 0 spiro atoms. The molecule has 2 aromatic rings. The van der Waals surface area contributed by atoms with Crippen molar-refractivity contribution in [3.8, 4) is 0 Å². The van der Waals surface area contributed by atoms with Gasteiger partial charge in [0, 0.05) is 25.7 Å². The Morgan fingerprint density at radius 3 is 2.50 bits per heavy atom. The molecule has 6 nitrogen and oxygen atoms in total. The van der Waals surface area contributed by atoms with Gasteiger partial charge < -0.3 is 9.80 Å². The Bertz CT molecular complexity index is 921. The Labute approximate surface area is 174 Å². The van der Waals surface area contributed by atoms with Gasteiger partial charge in [0.25, 0.3) is 11.8 Å². The van der Waals surface area contributed by atoms with Crippen molar-refractivity contribution < 1.29 is 9.59 Å². The van der Waals surface area contributed by atoms with Gasteiger partial charge in [0.05, 0.1) is 22.6 Å². The number of fused-ring (bicyclic) bond motifs is 1. The summed E-state index contributed by atoms with van der Waals surface area (Å²) in [5, 5.41) is 5.36. The third-order valence-electron chi connectivity index (χ3n) is 5.57. The summed E-state index contributed by atoms with van der Waals surface area (Å²) >= 11 is 12.1. The minimum Gasteiger partial charge on any atom is -0.337 e. The van der Waals surface area contributed by atoms with E-state index in [1.54, 1.807) is 27.8 Å². The number of hydrogen-bond donors (Lipinski definition) is 0. The molecule has 1 aromatic heterocycles. The number of carbonyl (C=O) groups is 2. The lowest BCUT2D eigenvalue weighted by Gasteiger charge is -2.33. The average Bonchev–Trinajstić information content (AvgIpc) is 3.15. The zero-order valence-electron chi connectivity index (χ0n) is 15.7. The molecular weight excluding hydrogens is 399 g/mol. The molecule has 2 amide bonds. The molecular formula is C20H22Cl2N4O2. The SMILES string of the molecule is CC(c1ccc(Cl)c(Cl)c1)N1CCn2nc(C(=O)N3CCCCC3)cc2C1=O. The van der Waals surface area contributed by atoms with Crippen molar-refractivity contribution in [3.05, 3.63) is 51.3 Å². The number of amides is 2. The summed E-state index contributed by atoms with van der Waals surface area (Å²) in [6.45, 7) is 4.56. The molecule has 3 heterocycles. The van der Waals surface area contributed by atoms with Gasteiger partial charge in [0.15, 0.2) is 5.69 Å². The van der Waals surface area contributed by atoms with Crippen molar-refractivity contribution in [2.75, 3.05) is 19.6 Å². The molecule has 1 aromatic carbocycles. The van der Waals surface area contributed by atoms with Gasteiger partial charge in [0.2, 0.25) is 0 Å². The van der Waals surface area contributed by atoms with Crippen LogP contribution in [0.1, 0.15) is 58.8 Å². The molecule has 1 fully saturated rings. The fourth-order valence-corrected chi connectivity index (χ4v) is 4.20. The van der Waals surface area contributed by atoms with Crippen LogP contribution in [0.4, 0.5) is 0 Å². The second kappa shape index (κ2) is 7.76. The van der Waals surface area contributed by atoms with E-state index in [1.165, 1.54) is 0 Å². The van der Waals surface area contributed by atoms with Crippen LogP contribution in [0, 0.1) is 0 Å². The molecule has 1 saturated heterocycles. The Kier molecular flexibility index (Phi) is 5.34. The standard InChI is InChI=1S/C20H22Cl2N4O2/c1-13(14-5-6-15(21)16(22)11-14)25-9-10-26-18(20(25)28)12-17(23-26)19(27)24-7-3-2-4-8-24/h5-6,11-13H,2-4,7-10H2,1H3. The fraction of sp³-hybridized carbons (Fsp3) is 0.450. The molecule has 2 aliphatic heterocycles. The Balaban J connectivity index is 1.55. The van der Waals surface area contributed by atoms with Crippen LogP contribution in [0.5, 0.6) is 0 Å². The predicted molar refractivity (Wildman–Crippen MR) is 108 cm³/mol. The first-order valence-electron chi connectivity index (χ1n) is 9.59. The van der Waals surface area contributed by atoms with Crippen LogP contribution < -0.4 is 0 Å². The molecule has 8 heteroatoms. The molecule has 0 aliphatic carbocycles. The highest BCUT2D eigenvalue weighted by atomic mass is 35.5. The number of likely N-dealkylation sites (tertiary alicyclic amines) is 1. The first-order chi connectivity index (χ1) is 13.5. The Morgan fingerprint density at radius 1 is 1.04 bits per heavy atom. The summed E-state index contributed by atoms with van der Waals surface area (Å²) in [6.07, 6.45) is 3.20.